The van der Waals surface area contributed by atoms with Crippen LogP contribution in [0.2, 0.25) is 0 Å². The highest BCUT2D eigenvalue weighted by Gasteiger charge is 2.22. The van der Waals surface area contributed by atoms with E-state index in [2.05, 4.69) is 15.6 Å². The maximum Gasteiger partial charge on any atom is 0.331 e. The molecule has 0 aliphatic heterocycles. The fourth-order valence-electron chi connectivity index (χ4n) is 2.87. The van der Waals surface area contributed by atoms with Crippen LogP contribution in [0, 0.1) is 0 Å². The fourth-order valence-corrected chi connectivity index (χ4v) is 3.74. The summed E-state index contributed by atoms with van der Waals surface area (Å²) >= 11 is 1.45. The van der Waals surface area contributed by atoms with Gasteiger partial charge in [0.1, 0.15) is 5.01 Å². The highest BCUT2D eigenvalue weighted by Crippen LogP contribution is 2.22. The van der Waals surface area contributed by atoms with Crippen molar-refractivity contribution >= 4 is 45.5 Å². The molecular weight excluding hydrogens is 366 g/mol. The summed E-state index contributed by atoms with van der Waals surface area (Å²) in [7, 11) is 0. The van der Waals surface area contributed by atoms with Crippen LogP contribution in [-0.2, 0) is 14.3 Å². The lowest BCUT2D eigenvalue weighted by Crippen LogP contribution is -2.47. The van der Waals surface area contributed by atoms with E-state index in [-0.39, 0.29) is 6.04 Å². The Hall–Kier alpha value is -2.74. The second-order valence-corrected chi connectivity index (χ2v) is 7.44. The molecule has 1 atom stereocenters. The van der Waals surface area contributed by atoms with Crippen molar-refractivity contribution in [1.82, 2.24) is 15.6 Å². The average molecular weight is 387 g/mol. The number of hydrogen-bond donors (Lipinski definition) is 2. The number of rotatable bonds is 5. The van der Waals surface area contributed by atoms with Gasteiger partial charge in [0, 0.05) is 12.1 Å². The largest absolute Gasteiger partial charge is 0.449 e. The Morgan fingerprint density at radius 1 is 1.26 bits per heavy atom. The molecule has 0 radical (unpaired) electrons. The highest BCUT2D eigenvalue weighted by atomic mass is 32.1. The van der Waals surface area contributed by atoms with Crippen LogP contribution in [0.1, 0.15) is 37.6 Å². The van der Waals surface area contributed by atoms with E-state index in [0.29, 0.717) is 5.01 Å². The van der Waals surface area contributed by atoms with Crippen molar-refractivity contribution in [3.63, 3.8) is 0 Å². The number of carbonyl (C=O) groups is 3. The third-order valence-electron chi connectivity index (χ3n) is 4.26. The predicted octanol–water partition coefficient (Wildman–Crippen LogP) is 3.01. The Bertz CT molecular complexity index is 838. The van der Waals surface area contributed by atoms with Crippen molar-refractivity contribution in [2.24, 2.45) is 0 Å². The quantitative estimate of drug-likeness (QED) is 0.607. The van der Waals surface area contributed by atoms with Crippen LogP contribution >= 0.6 is 11.3 Å². The number of nitrogens with zero attached hydrogens (tertiary/aromatic N) is 1. The molecule has 3 amide bonds. The minimum Gasteiger partial charge on any atom is -0.449 e. The number of amides is 3. The SMILES string of the molecule is C[C@H](OC(=O)/C=C/c1nc2ccccc2s1)C(=O)NC(=O)NC1CCCC1. The maximum atomic E-state index is 12.0. The van der Waals surface area contributed by atoms with Crippen LogP contribution in [0.5, 0.6) is 0 Å². The van der Waals surface area contributed by atoms with Crippen LogP contribution in [-0.4, -0.2) is 35.0 Å². The van der Waals surface area contributed by atoms with E-state index in [0.717, 1.165) is 35.9 Å². The number of para-hydroxylation sites is 1. The number of esters is 1. The van der Waals surface area contributed by atoms with Crippen LogP contribution in [0.4, 0.5) is 4.79 Å². The first-order chi connectivity index (χ1) is 13.0. The molecule has 8 heteroatoms. The lowest BCUT2D eigenvalue weighted by molar-refractivity contribution is -0.149. The molecule has 1 aromatic carbocycles. The van der Waals surface area contributed by atoms with Gasteiger partial charge in [0.15, 0.2) is 6.10 Å². The molecule has 27 heavy (non-hydrogen) atoms. The van der Waals surface area contributed by atoms with Gasteiger partial charge in [0.05, 0.1) is 10.2 Å². The highest BCUT2D eigenvalue weighted by molar-refractivity contribution is 7.19. The number of fused-ring (bicyclic) bond motifs is 1. The molecule has 2 N–H and O–H groups in total. The number of thiazole rings is 1. The summed E-state index contributed by atoms with van der Waals surface area (Å²) in [4.78, 5) is 40.0. The smallest absolute Gasteiger partial charge is 0.331 e. The van der Waals surface area contributed by atoms with Crippen molar-refractivity contribution in [3.05, 3.63) is 35.3 Å². The van der Waals surface area contributed by atoms with E-state index in [1.165, 1.54) is 24.3 Å². The lowest BCUT2D eigenvalue weighted by atomic mass is 10.2. The van der Waals surface area contributed by atoms with Gasteiger partial charge in [-0.05, 0) is 38.0 Å². The minimum atomic E-state index is -1.08. The zero-order valence-corrected chi connectivity index (χ0v) is 15.8. The number of carbonyl (C=O) groups excluding carboxylic acids is 3. The van der Waals surface area contributed by atoms with E-state index in [4.69, 9.17) is 4.74 Å². The van der Waals surface area contributed by atoms with E-state index in [9.17, 15) is 14.4 Å². The van der Waals surface area contributed by atoms with Crippen molar-refractivity contribution < 1.29 is 19.1 Å². The molecule has 0 unspecified atom stereocenters. The summed E-state index contributed by atoms with van der Waals surface area (Å²) in [6.45, 7) is 1.42. The van der Waals surface area contributed by atoms with Crippen LogP contribution < -0.4 is 10.6 Å². The zero-order chi connectivity index (χ0) is 19.2. The third-order valence-corrected chi connectivity index (χ3v) is 5.26. The lowest BCUT2D eigenvalue weighted by Gasteiger charge is -2.15. The summed E-state index contributed by atoms with van der Waals surface area (Å²) in [5.41, 5.74) is 0.858. The molecule has 0 spiro atoms. The van der Waals surface area contributed by atoms with Gasteiger partial charge in [0.2, 0.25) is 0 Å². The van der Waals surface area contributed by atoms with Crippen molar-refractivity contribution in [2.75, 3.05) is 0 Å². The second-order valence-electron chi connectivity index (χ2n) is 6.38. The van der Waals surface area contributed by atoms with Gasteiger partial charge < -0.3 is 10.1 Å². The first-order valence-corrected chi connectivity index (χ1v) is 9.68. The number of nitrogens with one attached hydrogen (secondary N) is 2. The summed E-state index contributed by atoms with van der Waals surface area (Å²) < 4.78 is 6.06. The molecule has 1 heterocycles. The maximum absolute atomic E-state index is 12.0. The molecule has 1 aliphatic carbocycles. The topological polar surface area (TPSA) is 97.4 Å². The normalized spacial score (nSPS) is 15.7. The van der Waals surface area contributed by atoms with E-state index < -0.39 is 24.0 Å². The summed E-state index contributed by atoms with van der Waals surface area (Å²) in [6.07, 6.45) is 5.68. The standard InChI is InChI=1S/C19H21N3O4S/c1-12(18(24)22-19(25)20-13-6-2-3-7-13)26-17(23)11-10-16-21-14-8-4-5-9-15(14)27-16/h4-5,8-13H,2-3,6-7H2,1H3,(H2,20,22,24,25)/b11-10+/t12-/m0/s1. The van der Waals surface area contributed by atoms with Gasteiger partial charge in [-0.15, -0.1) is 11.3 Å². The van der Waals surface area contributed by atoms with Crippen molar-refractivity contribution in [3.8, 4) is 0 Å². The number of hydrogen-bond acceptors (Lipinski definition) is 6. The number of aromatic nitrogens is 1. The van der Waals surface area contributed by atoms with Gasteiger partial charge in [-0.1, -0.05) is 25.0 Å². The zero-order valence-electron chi connectivity index (χ0n) is 14.9. The second kappa shape index (κ2) is 8.77. The predicted molar refractivity (Wildman–Crippen MR) is 103 cm³/mol. The number of ether oxygens (including phenoxy) is 1. The fraction of sp³-hybridized carbons (Fsp3) is 0.368. The van der Waals surface area contributed by atoms with Gasteiger partial charge in [-0.2, -0.15) is 0 Å². The average Bonchev–Trinajstić information content (AvgIpc) is 3.28. The molecule has 142 valence electrons. The Morgan fingerprint density at radius 3 is 2.74 bits per heavy atom. The van der Waals surface area contributed by atoms with E-state index in [1.807, 2.05) is 24.3 Å². The molecule has 0 saturated heterocycles. The molecule has 1 aromatic heterocycles. The summed E-state index contributed by atoms with van der Waals surface area (Å²) in [6, 6.07) is 7.21. The molecule has 1 saturated carbocycles. The van der Waals surface area contributed by atoms with E-state index in [1.54, 1.807) is 6.08 Å². The van der Waals surface area contributed by atoms with Gasteiger partial charge in [-0.3, -0.25) is 10.1 Å². The van der Waals surface area contributed by atoms with Crippen molar-refractivity contribution in [1.29, 1.82) is 0 Å². The van der Waals surface area contributed by atoms with Crippen molar-refractivity contribution in [2.45, 2.75) is 44.8 Å². The number of urea groups is 1. The van der Waals surface area contributed by atoms with Crippen LogP contribution in [0.25, 0.3) is 16.3 Å². The monoisotopic (exact) mass is 387 g/mol. The molecule has 7 nitrogen and oxygen atoms in total. The first-order valence-electron chi connectivity index (χ1n) is 8.87. The Kier molecular flexibility index (Phi) is 6.18. The molecular formula is C19H21N3O4S. The number of imide groups is 1. The first kappa shape index (κ1) is 19.0. The van der Waals surface area contributed by atoms with Crippen LogP contribution in [0.3, 0.4) is 0 Å². The summed E-state index contributed by atoms with van der Waals surface area (Å²) in [5.74, 6) is -1.33. The molecule has 1 aliphatic rings. The molecule has 0 bridgehead atoms. The minimum absolute atomic E-state index is 0.104. The van der Waals surface area contributed by atoms with Gasteiger partial charge in [0.25, 0.3) is 5.91 Å². The molecule has 1 fully saturated rings. The summed E-state index contributed by atoms with van der Waals surface area (Å²) in [5, 5.41) is 5.62. The van der Waals surface area contributed by atoms with Crippen LogP contribution in [0.15, 0.2) is 30.3 Å². The molecule has 3 rings (SSSR count). The Balaban J connectivity index is 1.47. The van der Waals surface area contributed by atoms with Gasteiger partial charge >= 0.3 is 12.0 Å². The Morgan fingerprint density at radius 2 is 2.00 bits per heavy atom. The number of benzene rings is 1. The third kappa shape index (κ3) is 5.37. The van der Waals surface area contributed by atoms with Gasteiger partial charge in [-0.25, -0.2) is 14.6 Å². The van der Waals surface area contributed by atoms with E-state index >= 15 is 0 Å². The molecule has 2 aromatic rings. The Labute approximate surface area is 160 Å².